The smallest absolute Gasteiger partial charge is 0.423 e. The summed E-state index contributed by atoms with van der Waals surface area (Å²) in [7, 11) is 2.17. The molecule has 0 fully saturated rings. The molecular weight excluding hydrogens is 421 g/mol. The van der Waals surface area contributed by atoms with Crippen molar-refractivity contribution in [2.75, 3.05) is 29.2 Å². The molecule has 2 aromatic carbocycles. The Bertz CT molecular complexity index is 1190. The Hall–Kier alpha value is -3.70. The molecule has 0 aliphatic carbocycles. The van der Waals surface area contributed by atoms with Crippen LogP contribution in [0.1, 0.15) is 28.4 Å². The highest BCUT2D eigenvalue weighted by molar-refractivity contribution is 6.58. The molecule has 0 radical (unpaired) electrons. The molecule has 0 saturated carbocycles. The minimum atomic E-state index is -1.53. The van der Waals surface area contributed by atoms with Gasteiger partial charge in [-0.05, 0) is 42.1 Å². The fourth-order valence-corrected chi connectivity index (χ4v) is 3.96. The van der Waals surface area contributed by atoms with Crippen molar-refractivity contribution in [3.05, 3.63) is 59.2 Å². The van der Waals surface area contributed by atoms with Gasteiger partial charge in [-0.1, -0.05) is 30.3 Å². The second-order valence-corrected chi connectivity index (χ2v) is 8.22. The van der Waals surface area contributed by atoms with E-state index in [-0.39, 0.29) is 6.04 Å². The van der Waals surface area contributed by atoms with Crippen molar-refractivity contribution < 1.29 is 14.8 Å². The summed E-state index contributed by atoms with van der Waals surface area (Å²) in [5, 5.41) is 22.0. The predicted molar refractivity (Wildman–Crippen MR) is 128 cm³/mol. The molecule has 3 aromatic rings. The molecule has 1 aliphatic rings. The number of rotatable bonds is 7. The van der Waals surface area contributed by atoms with E-state index < -0.39 is 13.0 Å². The monoisotopic (exact) mass is 447 g/mol. The number of carbonyl (C=O) groups excluding carboxylic acids is 1. The molecule has 11 heteroatoms. The molecule has 5 N–H and O–H groups in total. The van der Waals surface area contributed by atoms with Gasteiger partial charge in [0.25, 0.3) is 0 Å². The van der Waals surface area contributed by atoms with Crippen molar-refractivity contribution in [2.24, 2.45) is 5.73 Å². The normalized spacial score (nSPS) is 14.7. The van der Waals surface area contributed by atoms with Crippen molar-refractivity contribution in [1.29, 1.82) is 0 Å². The summed E-state index contributed by atoms with van der Waals surface area (Å²) in [6.07, 6.45) is 0.649. The number of primary amides is 1. The average molecular weight is 447 g/mol. The lowest BCUT2D eigenvalue weighted by Gasteiger charge is -2.24. The van der Waals surface area contributed by atoms with Gasteiger partial charge in [-0.15, -0.1) is 0 Å². The molecule has 1 aliphatic heterocycles. The number of hydrogen-bond acceptors (Lipinski definition) is 9. The first-order valence-corrected chi connectivity index (χ1v) is 10.6. The van der Waals surface area contributed by atoms with Gasteiger partial charge in [-0.3, -0.25) is 4.79 Å². The summed E-state index contributed by atoms with van der Waals surface area (Å²) in [6, 6.07) is 12.5. The number of benzene rings is 2. The van der Waals surface area contributed by atoms with Crippen molar-refractivity contribution in [3.63, 3.8) is 0 Å². The van der Waals surface area contributed by atoms with Gasteiger partial charge in [-0.2, -0.15) is 15.0 Å². The summed E-state index contributed by atoms with van der Waals surface area (Å²) in [6.45, 7) is 2.43. The van der Waals surface area contributed by atoms with Crippen LogP contribution in [0.3, 0.4) is 0 Å². The minimum absolute atomic E-state index is 0.0217. The quantitative estimate of drug-likeness (QED) is 0.379. The van der Waals surface area contributed by atoms with Gasteiger partial charge in [0.15, 0.2) is 0 Å². The summed E-state index contributed by atoms with van der Waals surface area (Å²) in [5.74, 6) is 0.866. The number of anilines is 4. The molecule has 1 aromatic heterocycles. The van der Waals surface area contributed by atoms with Crippen LogP contribution in [-0.2, 0) is 13.0 Å². The number of fused-ring (bicyclic) bond motifs is 1. The lowest BCUT2D eigenvalue weighted by molar-refractivity contribution is 0.0999. The van der Waals surface area contributed by atoms with Crippen molar-refractivity contribution >= 4 is 42.0 Å². The molecule has 0 spiro atoms. The van der Waals surface area contributed by atoms with E-state index in [9.17, 15) is 14.8 Å². The number of nitrogens with one attached hydrogen (secondary N) is 1. The molecule has 1 unspecified atom stereocenters. The van der Waals surface area contributed by atoms with E-state index in [2.05, 4.69) is 20.3 Å². The predicted octanol–water partition coefficient (Wildman–Crippen LogP) is 0.411. The van der Waals surface area contributed by atoms with E-state index in [4.69, 9.17) is 5.73 Å². The zero-order chi connectivity index (χ0) is 23.7. The number of nitrogens with zero attached hydrogens (tertiary/aromatic N) is 5. The van der Waals surface area contributed by atoms with Crippen LogP contribution in [0.25, 0.3) is 0 Å². The van der Waals surface area contributed by atoms with Crippen LogP contribution in [-0.4, -0.2) is 58.2 Å². The molecule has 10 nitrogen and oxygen atoms in total. The van der Waals surface area contributed by atoms with Gasteiger partial charge in [0, 0.05) is 37.9 Å². The van der Waals surface area contributed by atoms with Gasteiger partial charge < -0.3 is 30.9 Å². The molecule has 2 heterocycles. The van der Waals surface area contributed by atoms with Crippen molar-refractivity contribution in [1.82, 2.24) is 15.0 Å². The average Bonchev–Trinajstić information content (AvgIpc) is 3.13. The summed E-state index contributed by atoms with van der Waals surface area (Å²) in [5.41, 5.74) is 9.09. The number of carbonyl (C=O) groups is 1. The SMILES string of the molecule is CC1Cc2c(C(N)=O)cccc2N1c1nc(NCc2cccc(B(O)O)c2)nc(N(C)C)n1. The second-order valence-electron chi connectivity index (χ2n) is 8.22. The molecule has 0 bridgehead atoms. The number of hydrogen-bond donors (Lipinski definition) is 4. The maximum Gasteiger partial charge on any atom is 0.488 e. The Morgan fingerprint density at radius 3 is 2.67 bits per heavy atom. The second kappa shape index (κ2) is 9.04. The molecular formula is C22H26BN7O3. The topological polar surface area (TPSA) is 141 Å². The van der Waals surface area contributed by atoms with Crippen LogP contribution in [0.4, 0.5) is 23.5 Å². The fourth-order valence-electron chi connectivity index (χ4n) is 3.96. The first-order valence-electron chi connectivity index (χ1n) is 10.6. The first-order chi connectivity index (χ1) is 15.7. The summed E-state index contributed by atoms with van der Waals surface area (Å²) < 4.78 is 0. The van der Waals surface area contributed by atoms with Crippen LogP contribution < -0.4 is 26.3 Å². The fraction of sp³-hybridized carbons (Fsp3) is 0.273. The Morgan fingerprint density at radius 2 is 1.97 bits per heavy atom. The Kier molecular flexibility index (Phi) is 6.17. The minimum Gasteiger partial charge on any atom is -0.423 e. The van der Waals surface area contributed by atoms with Gasteiger partial charge >= 0.3 is 7.12 Å². The first kappa shape index (κ1) is 22.5. The third-order valence-corrected chi connectivity index (χ3v) is 5.54. The highest BCUT2D eigenvalue weighted by Crippen LogP contribution is 2.38. The van der Waals surface area contributed by atoms with Crippen LogP contribution in [0.5, 0.6) is 0 Å². The highest BCUT2D eigenvalue weighted by Gasteiger charge is 2.32. The largest absolute Gasteiger partial charge is 0.488 e. The molecule has 1 amide bonds. The van der Waals surface area contributed by atoms with E-state index in [0.29, 0.717) is 41.8 Å². The Balaban J connectivity index is 1.68. The lowest BCUT2D eigenvalue weighted by atomic mass is 9.80. The number of aromatic nitrogens is 3. The van der Waals surface area contributed by atoms with E-state index in [1.54, 1.807) is 35.2 Å². The van der Waals surface area contributed by atoms with E-state index in [1.807, 2.05) is 38.1 Å². The molecule has 4 rings (SSSR count). The van der Waals surface area contributed by atoms with Crippen molar-refractivity contribution in [2.45, 2.75) is 25.9 Å². The summed E-state index contributed by atoms with van der Waals surface area (Å²) in [4.78, 5) is 29.5. The highest BCUT2D eigenvalue weighted by atomic mass is 16.4. The van der Waals surface area contributed by atoms with Crippen LogP contribution in [0, 0.1) is 0 Å². The van der Waals surface area contributed by atoms with E-state index in [0.717, 1.165) is 16.8 Å². The Morgan fingerprint density at radius 1 is 1.21 bits per heavy atom. The summed E-state index contributed by atoms with van der Waals surface area (Å²) >= 11 is 0. The number of nitrogens with two attached hydrogens (primary N) is 1. The van der Waals surface area contributed by atoms with Crippen LogP contribution in [0.15, 0.2) is 42.5 Å². The Labute approximate surface area is 192 Å². The van der Waals surface area contributed by atoms with Gasteiger partial charge in [-0.25, -0.2) is 0 Å². The molecule has 0 saturated heterocycles. The third kappa shape index (κ3) is 4.59. The van der Waals surface area contributed by atoms with Crippen molar-refractivity contribution in [3.8, 4) is 0 Å². The zero-order valence-electron chi connectivity index (χ0n) is 18.7. The standard InChI is InChI=1S/C22H26BN7O3/c1-13-10-17-16(19(24)31)8-5-9-18(17)30(13)22-27-20(26-21(28-22)29(2)3)25-12-14-6-4-7-15(11-14)23(32)33/h4-9,11,13,32-33H,10,12H2,1-3H3,(H2,24,31)(H,25,26,27,28). The molecule has 33 heavy (non-hydrogen) atoms. The third-order valence-electron chi connectivity index (χ3n) is 5.54. The van der Waals surface area contributed by atoms with E-state index >= 15 is 0 Å². The van der Waals surface area contributed by atoms with Crippen LogP contribution in [0.2, 0.25) is 0 Å². The zero-order valence-corrected chi connectivity index (χ0v) is 18.7. The van der Waals surface area contributed by atoms with E-state index in [1.165, 1.54) is 0 Å². The maximum absolute atomic E-state index is 11.9. The van der Waals surface area contributed by atoms with Gasteiger partial charge in [0.05, 0.1) is 0 Å². The van der Waals surface area contributed by atoms with Gasteiger partial charge in [0.1, 0.15) is 0 Å². The van der Waals surface area contributed by atoms with Crippen LogP contribution >= 0.6 is 0 Å². The molecule has 1 atom stereocenters. The molecule has 170 valence electrons. The lowest BCUT2D eigenvalue weighted by Crippen LogP contribution is -2.30. The van der Waals surface area contributed by atoms with Gasteiger partial charge in [0.2, 0.25) is 23.8 Å². The maximum atomic E-state index is 11.9. The number of amides is 1.